The van der Waals surface area contributed by atoms with Crippen molar-refractivity contribution < 1.29 is 23.5 Å². The SMILES string of the molecule is O=C(Nc1cc2c(cc1Cl)OCCCO2)[C@@H]1CC(c2cccc(F)c2)=NO1. The highest BCUT2D eigenvalue weighted by molar-refractivity contribution is 6.34. The second-order valence-corrected chi connectivity index (χ2v) is 6.57. The van der Waals surface area contributed by atoms with E-state index in [1.165, 1.54) is 12.1 Å². The van der Waals surface area contributed by atoms with Gasteiger partial charge >= 0.3 is 0 Å². The van der Waals surface area contributed by atoms with Crippen LogP contribution in [0.25, 0.3) is 0 Å². The number of hydrogen-bond donors (Lipinski definition) is 1. The van der Waals surface area contributed by atoms with Gasteiger partial charge in [-0.2, -0.15) is 0 Å². The van der Waals surface area contributed by atoms with Gasteiger partial charge in [-0.25, -0.2) is 4.39 Å². The molecule has 2 aliphatic rings. The van der Waals surface area contributed by atoms with Crippen molar-refractivity contribution in [3.05, 3.63) is 52.8 Å². The van der Waals surface area contributed by atoms with Crippen molar-refractivity contribution in [2.75, 3.05) is 18.5 Å². The number of amides is 1. The first-order valence-corrected chi connectivity index (χ1v) is 8.86. The summed E-state index contributed by atoms with van der Waals surface area (Å²) in [6.45, 7) is 1.07. The molecule has 2 aromatic carbocycles. The molecule has 0 fully saturated rings. The van der Waals surface area contributed by atoms with Crippen LogP contribution in [0.5, 0.6) is 11.5 Å². The summed E-state index contributed by atoms with van der Waals surface area (Å²) in [5.74, 6) is 0.296. The molecule has 140 valence electrons. The highest BCUT2D eigenvalue weighted by Gasteiger charge is 2.30. The summed E-state index contributed by atoms with van der Waals surface area (Å²) >= 11 is 6.25. The number of rotatable bonds is 3. The average molecular weight is 391 g/mol. The maximum atomic E-state index is 13.4. The monoisotopic (exact) mass is 390 g/mol. The standard InChI is InChI=1S/C19H16ClFN2O4/c20-13-8-16-17(26-6-2-5-25-16)10-15(13)22-19(24)18-9-14(23-27-18)11-3-1-4-12(21)7-11/h1,3-4,7-8,10,18H,2,5-6,9H2,(H,22,24)/t18-/m0/s1. The van der Waals surface area contributed by atoms with E-state index in [0.717, 1.165) is 6.42 Å². The van der Waals surface area contributed by atoms with Gasteiger partial charge < -0.3 is 19.6 Å². The molecule has 1 N–H and O–H groups in total. The molecule has 0 aromatic heterocycles. The third-order valence-electron chi connectivity index (χ3n) is 4.21. The third kappa shape index (κ3) is 3.83. The van der Waals surface area contributed by atoms with Crippen molar-refractivity contribution in [3.8, 4) is 11.5 Å². The van der Waals surface area contributed by atoms with Crippen LogP contribution in [0.15, 0.2) is 41.6 Å². The minimum absolute atomic E-state index is 0.234. The zero-order chi connectivity index (χ0) is 18.8. The molecule has 2 aliphatic heterocycles. The van der Waals surface area contributed by atoms with E-state index in [4.69, 9.17) is 25.9 Å². The van der Waals surface area contributed by atoms with E-state index in [-0.39, 0.29) is 12.2 Å². The topological polar surface area (TPSA) is 69.2 Å². The van der Waals surface area contributed by atoms with Gasteiger partial charge in [-0.05, 0) is 12.1 Å². The second kappa shape index (κ2) is 7.44. The van der Waals surface area contributed by atoms with E-state index >= 15 is 0 Å². The molecule has 0 bridgehead atoms. The number of ether oxygens (including phenoxy) is 2. The van der Waals surface area contributed by atoms with E-state index in [9.17, 15) is 9.18 Å². The molecule has 0 saturated carbocycles. The molecule has 8 heteroatoms. The van der Waals surface area contributed by atoms with Crippen LogP contribution in [0.4, 0.5) is 10.1 Å². The number of anilines is 1. The summed E-state index contributed by atoms with van der Waals surface area (Å²) in [5, 5.41) is 6.97. The van der Waals surface area contributed by atoms with Crippen LogP contribution in [0.3, 0.4) is 0 Å². The summed E-state index contributed by atoms with van der Waals surface area (Å²) in [4.78, 5) is 17.8. The Labute approximate surface area is 159 Å². The van der Waals surface area contributed by atoms with Crippen LogP contribution in [0.2, 0.25) is 5.02 Å². The van der Waals surface area contributed by atoms with Gasteiger partial charge in [-0.15, -0.1) is 0 Å². The zero-order valence-electron chi connectivity index (χ0n) is 14.2. The van der Waals surface area contributed by atoms with Crippen molar-refractivity contribution in [2.24, 2.45) is 5.16 Å². The van der Waals surface area contributed by atoms with Crippen LogP contribution in [0, 0.1) is 5.82 Å². The van der Waals surface area contributed by atoms with Gasteiger partial charge in [-0.1, -0.05) is 28.9 Å². The predicted octanol–water partition coefficient (Wildman–Crippen LogP) is 3.77. The van der Waals surface area contributed by atoms with Crippen LogP contribution < -0.4 is 14.8 Å². The fourth-order valence-electron chi connectivity index (χ4n) is 2.85. The summed E-state index contributed by atoms with van der Waals surface area (Å²) in [7, 11) is 0. The molecule has 0 saturated heterocycles. The summed E-state index contributed by atoms with van der Waals surface area (Å²) < 4.78 is 24.5. The van der Waals surface area contributed by atoms with E-state index in [1.54, 1.807) is 24.3 Å². The van der Waals surface area contributed by atoms with Gasteiger partial charge in [0.1, 0.15) is 5.82 Å². The number of oxime groups is 1. The second-order valence-electron chi connectivity index (χ2n) is 6.17. The maximum absolute atomic E-state index is 13.4. The van der Waals surface area contributed by atoms with E-state index in [1.807, 2.05) is 0 Å². The average Bonchev–Trinajstić information content (AvgIpc) is 3.04. The fraction of sp³-hybridized carbons (Fsp3) is 0.263. The van der Waals surface area contributed by atoms with E-state index in [2.05, 4.69) is 10.5 Å². The fourth-order valence-corrected chi connectivity index (χ4v) is 3.05. The minimum Gasteiger partial charge on any atom is -0.490 e. The van der Waals surface area contributed by atoms with Gasteiger partial charge in [0, 0.05) is 30.5 Å². The maximum Gasteiger partial charge on any atom is 0.268 e. The number of halogens is 2. The number of nitrogens with zero attached hydrogens (tertiary/aromatic N) is 1. The van der Waals surface area contributed by atoms with Crippen molar-refractivity contribution >= 4 is 28.9 Å². The van der Waals surface area contributed by atoms with Crippen LogP contribution in [-0.2, 0) is 9.63 Å². The van der Waals surface area contributed by atoms with Gasteiger partial charge in [-0.3, -0.25) is 4.79 Å². The Hall–Kier alpha value is -2.80. The Morgan fingerprint density at radius 2 is 1.96 bits per heavy atom. The molecule has 4 rings (SSSR count). The molecule has 2 heterocycles. The normalized spacial score (nSPS) is 18.3. The van der Waals surface area contributed by atoms with Crippen LogP contribution >= 0.6 is 11.6 Å². The molecule has 1 amide bonds. The van der Waals surface area contributed by atoms with Crippen molar-refractivity contribution in [1.29, 1.82) is 0 Å². The first-order chi connectivity index (χ1) is 13.1. The van der Waals surface area contributed by atoms with Gasteiger partial charge in [0.25, 0.3) is 5.91 Å². The van der Waals surface area contributed by atoms with Gasteiger partial charge in [0.15, 0.2) is 11.5 Å². The highest BCUT2D eigenvalue weighted by Crippen LogP contribution is 2.37. The molecule has 0 unspecified atom stereocenters. The zero-order valence-corrected chi connectivity index (χ0v) is 15.0. The Balaban J connectivity index is 1.45. The van der Waals surface area contributed by atoms with Crippen molar-refractivity contribution in [2.45, 2.75) is 18.9 Å². The van der Waals surface area contributed by atoms with Crippen molar-refractivity contribution in [3.63, 3.8) is 0 Å². The van der Waals surface area contributed by atoms with E-state index in [0.29, 0.717) is 46.7 Å². The molecule has 6 nitrogen and oxygen atoms in total. The summed E-state index contributed by atoms with van der Waals surface area (Å²) in [5.41, 5.74) is 1.49. The number of carbonyl (C=O) groups excluding carboxylic acids is 1. The third-order valence-corrected chi connectivity index (χ3v) is 4.53. The van der Waals surface area contributed by atoms with Gasteiger partial charge in [0.05, 0.1) is 29.6 Å². The lowest BCUT2D eigenvalue weighted by atomic mass is 10.0. The predicted molar refractivity (Wildman–Crippen MR) is 98.1 cm³/mol. The lowest BCUT2D eigenvalue weighted by Crippen LogP contribution is -2.28. The number of benzene rings is 2. The first kappa shape index (κ1) is 17.6. The summed E-state index contributed by atoms with van der Waals surface area (Å²) in [6.07, 6.45) is 0.178. The number of carbonyl (C=O) groups is 1. The molecule has 0 aliphatic carbocycles. The van der Waals surface area contributed by atoms with Gasteiger partial charge in [0.2, 0.25) is 6.10 Å². The highest BCUT2D eigenvalue weighted by atomic mass is 35.5. The molecule has 1 atom stereocenters. The Morgan fingerprint density at radius 1 is 1.19 bits per heavy atom. The lowest BCUT2D eigenvalue weighted by molar-refractivity contribution is -0.125. The molecule has 0 spiro atoms. The number of nitrogens with one attached hydrogen (secondary N) is 1. The van der Waals surface area contributed by atoms with Crippen LogP contribution in [0.1, 0.15) is 18.4 Å². The molecule has 27 heavy (non-hydrogen) atoms. The molecule has 0 radical (unpaired) electrons. The Morgan fingerprint density at radius 3 is 2.74 bits per heavy atom. The largest absolute Gasteiger partial charge is 0.490 e. The first-order valence-electron chi connectivity index (χ1n) is 8.49. The van der Waals surface area contributed by atoms with E-state index < -0.39 is 12.0 Å². The molecular formula is C19H16ClFN2O4. The Kier molecular flexibility index (Phi) is 4.85. The lowest BCUT2D eigenvalue weighted by Gasteiger charge is -2.14. The number of fused-ring (bicyclic) bond motifs is 1. The molecular weight excluding hydrogens is 375 g/mol. The quantitative estimate of drug-likeness (QED) is 0.866. The summed E-state index contributed by atoms with van der Waals surface area (Å²) in [6, 6.07) is 9.23. The number of hydrogen-bond acceptors (Lipinski definition) is 5. The van der Waals surface area contributed by atoms with Crippen molar-refractivity contribution in [1.82, 2.24) is 0 Å². The molecule has 2 aromatic rings. The minimum atomic E-state index is -0.824. The smallest absolute Gasteiger partial charge is 0.268 e. The Bertz CT molecular complexity index is 919. The van der Waals surface area contributed by atoms with Crippen LogP contribution in [-0.4, -0.2) is 30.9 Å².